The van der Waals surface area contributed by atoms with Crippen LogP contribution in [-0.2, 0) is 28.3 Å². The van der Waals surface area contributed by atoms with Crippen LogP contribution in [0.2, 0.25) is 19.6 Å². The Bertz CT molecular complexity index is 505. The smallest absolute Gasteiger partial charge is 0.340 e. The molecule has 27 heavy (non-hydrogen) atoms. The van der Waals surface area contributed by atoms with Gasteiger partial charge in [-0.15, -0.1) is 0 Å². The van der Waals surface area contributed by atoms with Crippen molar-refractivity contribution in [1.29, 1.82) is 0 Å². The lowest BCUT2D eigenvalue weighted by Gasteiger charge is -2.26. The molecule has 0 aromatic heterocycles. The first-order valence-electron chi connectivity index (χ1n) is 9.44. The minimum atomic E-state index is -1.86. The van der Waals surface area contributed by atoms with Gasteiger partial charge in [-0.05, 0) is 60.2 Å². The second-order valence-corrected chi connectivity index (χ2v) is 11.9. The van der Waals surface area contributed by atoms with Crippen LogP contribution in [0.25, 0.3) is 0 Å². The number of nitrogens with one attached hydrogen (secondary N) is 1. The molecule has 8 heteroatoms. The van der Waals surface area contributed by atoms with Gasteiger partial charge in [-0.25, -0.2) is 9.59 Å². The zero-order chi connectivity index (χ0) is 21.0. The molecule has 0 aliphatic carbocycles. The molecule has 1 unspecified atom stereocenters. The van der Waals surface area contributed by atoms with Crippen molar-refractivity contribution in [3.63, 3.8) is 0 Å². The summed E-state index contributed by atoms with van der Waals surface area (Å²) < 4.78 is 15.8. The van der Waals surface area contributed by atoms with Gasteiger partial charge in [0.2, 0.25) is 11.9 Å². The number of hydrogen-bond acceptors (Lipinski definition) is 6. The van der Waals surface area contributed by atoms with E-state index in [9.17, 15) is 14.4 Å². The van der Waals surface area contributed by atoms with Crippen molar-refractivity contribution in [2.75, 3.05) is 13.2 Å². The molecule has 1 atom stereocenters. The standard InChI is InChI=1S/C19H35NO6Si/c1-8-24-18(22)17(19(23)25-9-2)20-16(21)13-15(26-27(5,6)7)12-10-11-14(3)4/h11,15,17H,8-10,12-13H2,1-7H3,(H,20,21). The summed E-state index contributed by atoms with van der Waals surface area (Å²) in [5, 5.41) is 2.43. The van der Waals surface area contributed by atoms with Crippen LogP contribution in [0.4, 0.5) is 0 Å². The van der Waals surface area contributed by atoms with Crippen molar-refractivity contribution < 1.29 is 28.3 Å². The highest BCUT2D eigenvalue weighted by Crippen LogP contribution is 2.16. The van der Waals surface area contributed by atoms with Crippen molar-refractivity contribution in [2.45, 2.75) is 78.7 Å². The van der Waals surface area contributed by atoms with Gasteiger partial charge in [-0.3, -0.25) is 4.79 Å². The van der Waals surface area contributed by atoms with Crippen LogP contribution in [0.5, 0.6) is 0 Å². The third-order valence-electron chi connectivity index (χ3n) is 3.32. The van der Waals surface area contributed by atoms with E-state index in [4.69, 9.17) is 13.9 Å². The third-order valence-corrected chi connectivity index (χ3v) is 4.36. The molecule has 7 nitrogen and oxygen atoms in total. The molecule has 1 N–H and O–H groups in total. The van der Waals surface area contributed by atoms with Crippen LogP contribution in [0.15, 0.2) is 11.6 Å². The molecule has 1 amide bonds. The van der Waals surface area contributed by atoms with E-state index in [1.807, 2.05) is 13.8 Å². The van der Waals surface area contributed by atoms with Crippen molar-refractivity contribution >= 4 is 26.2 Å². The Hall–Kier alpha value is -1.67. The molecular formula is C19H35NO6Si. The van der Waals surface area contributed by atoms with Gasteiger partial charge in [-0.1, -0.05) is 11.6 Å². The van der Waals surface area contributed by atoms with E-state index in [1.54, 1.807) is 13.8 Å². The molecule has 156 valence electrons. The van der Waals surface area contributed by atoms with E-state index in [-0.39, 0.29) is 25.7 Å². The van der Waals surface area contributed by atoms with Gasteiger partial charge in [0.1, 0.15) is 0 Å². The zero-order valence-corrected chi connectivity index (χ0v) is 18.7. The fraction of sp³-hybridized carbons (Fsp3) is 0.737. The topological polar surface area (TPSA) is 90.9 Å². The minimum Gasteiger partial charge on any atom is -0.464 e. The predicted molar refractivity (Wildman–Crippen MR) is 107 cm³/mol. The number of esters is 2. The molecule has 0 fully saturated rings. The highest BCUT2D eigenvalue weighted by atomic mass is 28.4. The molecule has 0 aliphatic heterocycles. The summed E-state index contributed by atoms with van der Waals surface area (Å²) in [6.45, 7) is 13.7. The largest absolute Gasteiger partial charge is 0.464 e. The van der Waals surface area contributed by atoms with Gasteiger partial charge in [0.25, 0.3) is 0 Å². The fourth-order valence-corrected chi connectivity index (χ4v) is 3.55. The third kappa shape index (κ3) is 12.4. The number of rotatable bonds is 12. The van der Waals surface area contributed by atoms with Crippen molar-refractivity contribution in [1.82, 2.24) is 5.32 Å². The highest BCUT2D eigenvalue weighted by molar-refractivity contribution is 6.69. The Balaban J connectivity index is 5.05. The van der Waals surface area contributed by atoms with Gasteiger partial charge >= 0.3 is 11.9 Å². The van der Waals surface area contributed by atoms with Crippen molar-refractivity contribution in [3.8, 4) is 0 Å². The van der Waals surface area contributed by atoms with Gasteiger partial charge in [0, 0.05) is 0 Å². The number of carbonyl (C=O) groups excluding carboxylic acids is 3. The molecule has 0 rings (SSSR count). The van der Waals surface area contributed by atoms with Crippen LogP contribution in [0, 0.1) is 0 Å². The lowest BCUT2D eigenvalue weighted by Crippen LogP contribution is -2.49. The van der Waals surface area contributed by atoms with Gasteiger partial charge in [0.05, 0.1) is 25.7 Å². The summed E-state index contributed by atoms with van der Waals surface area (Å²) in [6.07, 6.45) is 3.36. The first-order valence-corrected chi connectivity index (χ1v) is 12.8. The Morgan fingerprint density at radius 1 is 1.00 bits per heavy atom. The number of ether oxygens (including phenoxy) is 2. The Morgan fingerprint density at radius 2 is 1.52 bits per heavy atom. The van der Waals surface area contributed by atoms with E-state index >= 15 is 0 Å². The minimum absolute atomic E-state index is 0.0657. The molecule has 0 aromatic rings. The number of hydrogen-bond donors (Lipinski definition) is 1. The lowest BCUT2D eigenvalue weighted by atomic mass is 10.1. The monoisotopic (exact) mass is 401 g/mol. The first kappa shape index (κ1) is 25.3. The van der Waals surface area contributed by atoms with Crippen molar-refractivity contribution in [2.24, 2.45) is 0 Å². The normalized spacial score (nSPS) is 12.3. The average molecular weight is 402 g/mol. The summed E-state index contributed by atoms with van der Waals surface area (Å²) in [4.78, 5) is 36.4. The summed E-state index contributed by atoms with van der Waals surface area (Å²) in [5.41, 5.74) is 1.20. The van der Waals surface area contributed by atoms with Crippen LogP contribution in [0.3, 0.4) is 0 Å². The molecule has 0 aromatic carbocycles. The molecular weight excluding hydrogens is 366 g/mol. The molecule has 0 aliphatic rings. The summed E-state index contributed by atoms with van der Waals surface area (Å²) in [7, 11) is -1.86. The molecule has 0 spiro atoms. The molecule has 0 bridgehead atoms. The second-order valence-electron chi connectivity index (χ2n) is 7.42. The molecule has 0 radical (unpaired) electrons. The molecule has 0 saturated carbocycles. The Kier molecular flexibility index (Phi) is 11.9. The second kappa shape index (κ2) is 12.7. The van der Waals surface area contributed by atoms with Gasteiger partial charge < -0.3 is 19.2 Å². The lowest BCUT2D eigenvalue weighted by molar-refractivity contribution is -0.159. The van der Waals surface area contributed by atoms with Crippen LogP contribution >= 0.6 is 0 Å². The maximum absolute atomic E-state index is 12.5. The van der Waals surface area contributed by atoms with Gasteiger partial charge in [-0.2, -0.15) is 0 Å². The summed E-state index contributed by atoms with van der Waals surface area (Å²) in [6, 6.07) is -1.46. The Morgan fingerprint density at radius 3 is 1.93 bits per heavy atom. The maximum Gasteiger partial charge on any atom is 0.340 e. The summed E-state index contributed by atoms with van der Waals surface area (Å²) in [5.74, 6) is -2.09. The van der Waals surface area contributed by atoms with E-state index in [2.05, 4.69) is 31.0 Å². The van der Waals surface area contributed by atoms with E-state index < -0.39 is 32.2 Å². The Labute approximate surface area is 163 Å². The highest BCUT2D eigenvalue weighted by Gasteiger charge is 2.32. The van der Waals surface area contributed by atoms with Crippen LogP contribution in [-0.4, -0.2) is 51.5 Å². The predicted octanol–water partition coefficient (Wildman–Crippen LogP) is 2.95. The summed E-state index contributed by atoms with van der Waals surface area (Å²) >= 11 is 0. The first-order chi connectivity index (χ1) is 12.5. The molecule has 0 heterocycles. The number of carbonyl (C=O) groups is 3. The zero-order valence-electron chi connectivity index (χ0n) is 17.7. The van der Waals surface area contributed by atoms with Crippen molar-refractivity contribution in [3.05, 3.63) is 11.6 Å². The maximum atomic E-state index is 12.5. The van der Waals surface area contributed by atoms with E-state index in [0.717, 1.165) is 6.42 Å². The van der Waals surface area contributed by atoms with E-state index in [1.165, 1.54) is 5.57 Å². The quantitative estimate of drug-likeness (QED) is 0.234. The number of allylic oxidation sites excluding steroid dienone is 2. The van der Waals surface area contributed by atoms with E-state index in [0.29, 0.717) is 6.42 Å². The van der Waals surface area contributed by atoms with Crippen LogP contribution in [0.1, 0.15) is 47.0 Å². The molecule has 0 saturated heterocycles. The van der Waals surface area contributed by atoms with Gasteiger partial charge in [0.15, 0.2) is 8.32 Å². The fourth-order valence-electron chi connectivity index (χ4n) is 2.35. The SMILES string of the molecule is CCOC(=O)C(NC(=O)CC(CCC=C(C)C)O[Si](C)(C)C)C(=O)OCC. The average Bonchev–Trinajstić information content (AvgIpc) is 2.50. The number of amides is 1. The van der Waals surface area contributed by atoms with Crippen LogP contribution < -0.4 is 5.32 Å².